The molecule has 0 bridgehead atoms. The van der Waals surface area contributed by atoms with Crippen molar-refractivity contribution in [1.82, 2.24) is 19.3 Å². The molecule has 2 aromatic carbocycles. The third kappa shape index (κ3) is 3.45. The van der Waals surface area contributed by atoms with Crippen LogP contribution in [-0.4, -0.2) is 32.5 Å². The van der Waals surface area contributed by atoms with Gasteiger partial charge in [-0.3, -0.25) is 14.0 Å². The molecule has 0 spiro atoms. The third-order valence-corrected chi connectivity index (χ3v) is 5.81. The second kappa shape index (κ2) is 7.46. The fraction of sp³-hybridized carbons (Fsp3) is 0.190. The summed E-state index contributed by atoms with van der Waals surface area (Å²) in [5.74, 6) is 0.202. The Bertz CT molecular complexity index is 1230. The lowest BCUT2D eigenvalue weighted by Gasteiger charge is -2.25. The summed E-state index contributed by atoms with van der Waals surface area (Å²) in [6, 6.07) is 15.9. The van der Waals surface area contributed by atoms with Gasteiger partial charge in [0.05, 0.1) is 24.9 Å². The summed E-state index contributed by atoms with van der Waals surface area (Å²) >= 11 is 1.38. The number of hydrogen-bond acceptors (Lipinski definition) is 5. The molecule has 1 fully saturated rings. The molecule has 0 aliphatic carbocycles. The van der Waals surface area contributed by atoms with Gasteiger partial charge in [0.15, 0.2) is 10.8 Å². The smallest absolute Gasteiger partial charge is 0.269 e. The normalized spacial score (nSPS) is 14.2. The molecule has 0 unspecified atom stereocenters. The van der Waals surface area contributed by atoms with E-state index in [4.69, 9.17) is 4.74 Å². The van der Waals surface area contributed by atoms with E-state index >= 15 is 0 Å². The fourth-order valence-electron chi connectivity index (χ4n) is 3.20. The van der Waals surface area contributed by atoms with Crippen LogP contribution in [0.4, 0.5) is 4.39 Å². The standard InChI is InChI=1S/C21H17FN4O2S/c22-15-6-4-5-14(9-15)13-29-21-23-19-18(10-25(24-19)17-11-28-12-17)20(27)26(21)16-7-2-1-3-8-16/h1-10,17H,11-13H2. The molecule has 29 heavy (non-hydrogen) atoms. The summed E-state index contributed by atoms with van der Waals surface area (Å²) in [4.78, 5) is 18.0. The molecule has 0 amide bonds. The van der Waals surface area contributed by atoms with Crippen LogP contribution in [0.1, 0.15) is 11.6 Å². The van der Waals surface area contributed by atoms with Crippen LogP contribution in [0.15, 0.2) is 70.7 Å². The summed E-state index contributed by atoms with van der Waals surface area (Å²) in [6.07, 6.45) is 1.75. The van der Waals surface area contributed by atoms with E-state index < -0.39 is 0 Å². The molecule has 2 aromatic heterocycles. The number of ether oxygens (including phenoxy) is 1. The minimum absolute atomic E-state index is 0.136. The summed E-state index contributed by atoms with van der Waals surface area (Å²) < 4.78 is 22.1. The number of para-hydroxylation sites is 1. The van der Waals surface area contributed by atoms with Gasteiger partial charge in [0, 0.05) is 11.9 Å². The Morgan fingerprint density at radius 3 is 2.69 bits per heavy atom. The summed E-state index contributed by atoms with van der Waals surface area (Å²) in [6.45, 7) is 1.17. The number of nitrogens with zero attached hydrogens (tertiary/aromatic N) is 4. The summed E-state index contributed by atoms with van der Waals surface area (Å²) in [7, 11) is 0. The highest BCUT2D eigenvalue weighted by Crippen LogP contribution is 2.25. The van der Waals surface area contributed by atoms with Crippen molar-refractivity contribution in [3.05, 3.63) is 82.5 Å². The molecule has 4 aromatic rings. The van der Waals surface area contributed by atoms with Crippen LogP contribution < -0.4 is 5.56 Å². The molecule has 146 valence electrons. The quantitative estimate of drug-likeness (QED) is 0.373. The van der Waals surface area contributed by atoms with E-state index in [2.05, 4.69) is 10.1 Å². The van der Waals surface area contributed by atoms with Gasteiger partial charge in [-0.05, 0) is 29.8 Å². The monoisotopic (exact) mass is 408 g/mol. The largest absolute Gasteiger partial charge is 0.377 e. The minimum Gasteiger partial charge on any atom is -0.377 e. The van der Waals surface area contributed by atoms with Crippen molar-refractivity contribution in [3.8, 4) is 5.69 Å². The molecule has 0 saturated carbocycles. The first-order valence-corrected chi connectivity index (χ1v) is 10.2. The Morgan fingerprint density at radius 1 is 1.14 bits per heavy atom. The van der Waals surface area contributed by atoms with Gasteiger partial charge >= 0.3 is 0 Å². The topological polar surface area (TPSA) is 61.9 Å². The molecule has 1 aliphatic heterocycles. The maximum atomic E-state index is 13.5. The number of rotatable bonds is 5. The maximum absolute atomic E-state index is 13.5. The predicted octanol–water partition coefficient (Wildman–Crippen LogP) is 3.58. The van der Waals surface area contributed by atoms with Crippen LogP contribution in [0.3, 0.4) is 0 Å². The zero-order valence-electron chi connectivity index (χ0n) is 15.4. The van der Waals surface area contributed by atoms with Gasteiger partial charge in [-0.15, -0.1) is 0 Å². The molecule has 0 atom stereocenters. The van der Waals surface area contributed by atoms with Crippen molar-refractivity contribution in [1.29, 1.82) is 0 Å². The molecule has 1 aliphatic rings. The van der Waals surface area contributed by atoms with E-state index in [0.29, 0.717) is 35.2 Å². The van der Waals surface area contributed by atoms with Crippen LogP contribution in [0, 0.1) is 5.82 Å². The van der Waals surface area contributed by atoms with Crippen molar-refractivity contribution in [2.75, 3.05) is 13.2 Å². The van der Waals surface area contributed by atoms with E-state index in [1.165, 1.54) is 23.9 Å². The van der Waals surface area contributed by atoms with Gasteiger partial charge in [-0.1, -0.05) is 42.1 Å². The zero-order chi connectivity index (χ0) is 19.8. The number of thioether (sulfide) groups is 1. The predicted molar refractivity (Wildman–Crippen MR) is 109 cm³/mol. The molecule has 8 heteroatoms. The zero-order valence-corrected chi connectivity index (χ0v) is 16.2. The van der Waals surface area contributed by atoms with Crippen molar-refractivity contribution in [2.45, 2.75) is 17.0 Å². The fourth-order valence-corrected chi connectivity index (χ4v) is 4.15. The average molecular weight is 408 g/mol. The lowest BCUT2D eigenvalue weighted by molar-refractivity contribution is -0.0283. The second-order valence-electron chi connectivity index (χ2n) is 6.83. The van der Waals surface area contributed by atoms with Crippen molar-refractivity contribution in [2.24, 2.45) is 0 Å². The van der Waals surface area contributed by atoms with Crippen molar-refractivity contribution >= 4 is 22.8 Å². The lowest BCUT2D eigenvalue weighted by atomic mass is 10.2. The second-order valence-corrected chi connectivity index (χ2v) is 7.77. The summed E-state index contributed by atoms with van der Waals surface area (Å²) in [5.41, 5.74) is 1.79. The molecule has 6 nitrogen and oxygen atoms in total. The van der Waals surface area contributed by atoms with Gasteiger partial charge in [-0.2, -0.15) is 5.10 Å². The number of benzene rings is 2. The van der Waals surface area contributed by atoms with Crippen molar-refractivity contribution < 1.29 is 9.13 Å². The first-order valence-electron chi connectivity index (χ1n) is 9.21. The first kappa shape index (κ1) is 18.1. The lowest BCUT2D eigenvalue weighted by Crippen LogP contribution is -2.30. The van der Waals surface area contributed by atoms with E-state index in [-0.39, 0.29) is 17.4 Å². The SMILES string of the molecule is O=c1c2cn(C3COC3)nc2nc(SCc2cccc(F)c2)n1-c1ccccc1. The van der Waals surface area contributed by atoms with Gasteiger partial charge in [0.1, 0.15) is 11.2 Å². The highest BCUT2D eigenvalue weighted by Gasteiger charge is 2.24. The van der Waals surface area contributed by atoms with E-state index in [1.54, 1.807) is 21.5 Å². The van der Waals surface area contributed by atoms with Crippen molar-refractivity contribution in [3.63, 3.8) is 0 Å². The molecular formula is C21H17FN4O2S. The molecule has 0 N–H and O–H groups in total. The van der Waals surface area contributed by atoms with Crippen LogP contribution in [0.25, 0.3) is 16.7 Å². The van der Waals surface area contributed by atoms with Crippen LogP contribution in [0.2, 0.25) is 0 Å². The molecule has 3 heterocycles. The summed E-state index contributed by atoms with van der Waals surface area (Å²) in [5, 5.41) is 5.49. The minimum atomic E-state index is -0.284. The number of hydrogen-bond donors (Lipinski definition) is 0. The van der Waals surface area contributed by atoms with Crippen LogP contribution >= 0.6 is 11.8 Å². The van der Waals surface area contributed by atoms with Gasteiger partial charge in [0.2, 0.25) is 0 Å². The Hall–Kier alpha value is -2.97. The number of halogens is 1. The third-order valence-electron chi connectivity index (χ3n) is 4.80. The van der Waals surface area contributed by atoms with Gasteiger partial charge in [0.25, 0.3) is 5.56 Å². The maximum Gasteiger partial charge on any atom is 0.269 e. The number of aromatic nitrogens is 4. The molecule has 5 rings (SSSR count). The van der Waals surface area contributed by atoms with E-state index in [0.717, 1.165) is 11.3 Å². The van der Waals surface area contributed by atoms with Crippen LogP contribution in [0.5, 0.6) is 0 Å². The molecule has 1 saturated heterocycles. The highest BCUT2D eigenvalue weighted by atomic mass is 32.2. The average Bonchev–Trinajstić information content (AvgIpc) is 3.09. The van der Waals surface area contributed by atoms with E-state index in [1.807, 2.05) is 36.4 Å². The van der Waals surface area contributed by atoms with E-state index in [9.17, 15) is 9.18 Å². The van der Waals surface area contributed by atoms with Gasteiger partial charge < -0.3 is 4.74 Å². The Kier molecular flexibility index (Phi) is 4.65. The Balaban J connectivity index is 1.60. The number of fused-ring (bicyclic) bond motifs is 1. The Labute approximate surface area is 170 Å². The van der Waals surface area contributed by atoms with Gasteiger partial charge in [-0.25, -0.2) is 9.37 Å². The highest BCUT2D eigenvalue weighted by molar-refractivity contribution is 7.98. The molecular weight excluding hydrogens is 391 g/mol. The molecule has 0 radical (unpaired) electrons. The Morgan fingerprint density at radius 2 is 1.97 bits per heavy atom. The first-order chi connectivity index (χ1) is 14.2. The van der Waals surface area contributed by atoms with Crippen LogP contribution in [-0.2, 0) is 10.5 Å².